The second kappa shape index (κ2) is 9.37. The number of carbonyl (C=O) groups excluding carboxylic acids is 1. The molecule has 5 nitrogen and oxygen atoms in total. The predicted octanol–water partition coefficient (Wildman–Crippen LogP) is 2.74. The number of aromatic nitrogens is 2. The highest BCUT2D eigenvalue weighted by molar-refractivity contribution is 5.81. The highest BCUT2D eigenvalue weighted by atomic mass is 16.2. The maximum atomic E-state index is 12.2. The van der Waals surface area contributed by atoms with E-state index < -0.39 is 6.04 Å². The van der Waals surface area contributed by atoms with Crippen LogP contribution in [0.4, 0.5) is 0 Å². The molecule has 5 heteroatoms. The van der Waals surface area contributed by atoms with Crippen LogP contribution in [0.3, 0.4) is 0 Å². The zero-order valence-electron chi connectivity index (χ0n) is 15.5. The fourth-order valence-electron chi connectivity index (χ4n) is 2.72. The molecule has 2 atom stereocenters. The van der Waals surface area contributed by atoms with Gasteiger partial charge in [0, 0.05) is 25.2 Å². The zero-order valence-corrected chi connectivity index (χ0v) is 15.5. The first-order valence-corrected chi connectivity index (χ1v) is 9.04. The molecule has 0 saturated carbocycles. The zero-order chi connectivity index (χ0) is 18.2. The molecule has 2 rings (SSSR count). The summed E-state index contributed by atoms with van der Waals surface area (Å²) in [4.78, 5) is 16.6. The molecule has 136 valence electrons. The number of nitrogens with one attached hydrogen (secondary N) is 1. The molecule has 1 aromatic heterocycles. The van der Waals surface area contributed by atoms with E-state index in [4.69, 9.17) is 5.73 Å². The Morgan fingerprint density at radius 2 is 1.92 bits per heavy atom. The van der Waals surface area contributed by atoms with E-state index in [1.165, 1.54) is 5.56 Å². The summed E-state index contributed by atoms with van der Waals surface area (Å²) in [7, 11) is 0. The molecular formula is C20H30N4O. The van der Waals surface area contributed by atoms with Gasteiger partial charge in [-0.3, -0.25) is 4.79 Å². The number of imidazole rings is 1. The third-order valence-electron chi connectivity index (χ3n) is 4.23. The number of nitrogens with two attached hydrogens (primary N) is 1. The summed E-state index contributed by atoms with van der Waals surface area (Å²) in [5.41, 5.74) is 8.11. The third kappa shape index (κ3) is 6.70. The average molecular weight is 342 g/mol. The lowest BCUT2D eigenvalue weighted by Crippen LogP contribution is -2.45. The van der Waals surface area contributed by atoms with Crippen molar-refractivity contribution in [3.8, 4) is 0 Å². The SMILES string of the molecule is CC(C)CCC(C)NC(=O)[C@@H](N)Cc1cn(Cc2ccccc2)cn1. The van der Waals surface area contributed by atoms with E-state index in [0.717, 1.165) is 25.1 Å². The third-order valence-corrected chi connectivity index (χ3v) is 4.23. The van der Waals surface area contributed by atoms with E-state index in [0.29, 0.717) is 12.3 Å². The number of nitrogens with zero attached hydrogens (tertiary/aromatic N) is 2. The van der Waals surface area contributed by atoms with Gasteiger partial charge in [-0.25, -0.2) is 4.98 Å². The van der Waals surface area contributed by atoms with Gasteiger partial charge < -0.3 is 15.6 Å². The van der Waals surface area contributed by atoms with Gasteiger partial charge in [0.15, 0.2) is 0 Å². The van der Waals surface area contributed by atoms with Gasteiger partial charge in [-0.2, -0.15) is 0 Å². The van der Waals surface area contributed by atoms with Crippen LogP contribution in [0.15, 0.2) is 42.9 Å². The molecule has 0 bridgehead atoms. The van der Waals surface area contributed by atoms with E-state index in [1.807, 2.05) is 35.9 Å². The van der Waals surface area contributed by atoms with E-state index in [2.05, 4.69) is 36.3 Å². The molecule has 1 amide bonds. The largest absolute Gasteiger partial charge is 0.352 e. The maximum Gasteiger partial charge on any atom is 0.237 e. The van der Waals surface area contributed by atoms with Gasteiger partial charge >= 0.3 is 0 Å². The van der Waals surface area contributed by atoms with Gasteiger partial charge in [0.1, 0.15) is 0 Å². The first-order chi connectivity index (χ1) is 11.9. The molecule has 25 heavy (non-hydrogen) atoms. The van der Waals surface area contributed by atoms with Gasteiger partial charge in [-0.15, -0.1) is 0 Å². The van der Waals surface area contributed by atoms with Crippen LogP contribution in [-0.2, 0) is 17.8 Å². The van der Waals surface area contributed by atoms with Crippen LogP contribution in [0.5, 0.6) is 0 Å². The number of hydrogen-bond acceptors (Lipinski definition) is 3. The summed E-state index contributed by atoms with van der Waals surface area (Å²) in [6.45, 7) is 7.17. The topological polar surface area (TPSA) is 72.9 Å². The molecule has 3 N–H and O–H groups in total. The minimum atomic E-state index is -0.568. The highest BCUT2D eigenvalue weighted by Crippen LogP contribution is 2.08. The summed E-state index contributed by atoms with van der Waals surface area (Å²) >= 11 is 0. The second-order valence-electron chi connectivity index (χ2n) is 7.21. The van der Waals surface area contributed by atoms with Crippen LogP contribution >= 0.6 is 0 Å². The Bertz CT molecular complexity index is 651. The van der Waals surface area contributed by atoms with Crippen molar-refractivity contribution in [1.29, 1.82) is 0 Å². The Kier molecular flexibility index (Phi) is 7.19. The minimum absolute atomic E-state index is 0.103. The lowest BCUT2D eigenvalue weighted by Gasteiger charge is -2.18. The van der Waals surface area contributed by atoms with Crippen molar-refractivity contribution in [2.24, 2.45) is 11.7 Å². The summed E-state index contributed by atoms with van der Waals surface area (Å²) in [6.07, 6.45) is 6.27. The Morgan fingerprint density at radius 3 is 2.60 bits per heavy atom. The van der Waals surface area contributed by atoms with Gasteiger partial charge in [0.2, 0.25) is 5.91 Å². The molecule has 1 unspecified atom stereocenters. The van der Waals surface area contributed by atoms with E-state index in [1.54, 1.807) is 6.33 Å². The number of carbonyl (C=O) groups is 1. The molecule has 0 aliphatic heterocycles. The van der Waals surface area contributed by atoms with E-state index >= 15 is 0 Å². The van der Waals surface area contributed by atoms with E-state index in [9.17, 15) is 4.79 Å². The van der Waals surface area contributed by atoms with Crippen LogP contribution in [0.2, 0.25) is 0 Å². The number of hydrogen-bond donors (Lipinski definition) is 2. The first kappa shape index (κ1) is 19.2. The van der Waals surface area contributed by atoms with E-state index in [-0.39, 0.29) is 11.9 Å². The molecule has 2 aromatic rings. The Labute approximate surface area is 150 Å². The Hall–Kier alpha value is -2.14. The van der Waals surface area contributed by atoms with Gasteiger partial charge in [-0.1, -0.05) is 44.2 Å². The van der Waals surface area contributed by atoms with Crippen LogP contribution in [0.1, 0.15) is 44.9 Å². The summed E-state index contributed by atoms with van der Waals surface area (Å²) < 4.78 is 2.01. The molecule has 0 radical (unpaired) electrons. The predicted molar refractivity (Wildman–Crippen MR) is 101 cm³/mol. The quantitative estimate of drug-likeness (QED) is 0.736. The smallest absolute Gasteiger partial charge is 0.237 e. The second-order valence-corrected chi connectivity index (χ2v) is 7.21. The molecular weight excluding hydrogens is 312 g/mol. The summed E-state index contributed by atoms with van der Waals surface area (Å²) in [5, 5.41) is 3.00. The van der Waals surface area contributed by atoms with Crippen molar-refractivity contribution >= 4 is 5.91 Å². The van der Waals surface area contributed by atoms with Crippen molar-refractivity contribution < 1.29 is 4.79 Å². The van der Waals surface area contributed by atoms with Crippen LogP contribution in [-0.4, -0.2) is 27.5 Å². The van der Waals surface area contributed by atoms with Crippen molar-refractivity contribution in [2.75, 3.05) is 0 Å². The maximum absolute atomic E-state index is 12.2. The van der Waals surface area contributed by atoms with Crippen molar-refractivity contribution in [3.05, 3.63) is 54.1 Å². The molecule has 1 heterocycles. The number of amides is 1. The van der Waals surface area contributed by atoms with Gasteiger partial charge in [-0.05, 0) is 31.2 Å². The van der Waals surface area contributed by atoms with Gasteiger partial charge in [0.25, 0.3) is 0 Å². The van der Waals surface area contributed by atoms with Crippen LogP contribution < -0.4 is 11.1 Å². The standard InChI is InChI=1S/C20H30N4O/c1-15(2)9-10-16(3)23-20(25)19(21)11-18-13-24(14-22-18)12-17-7-5-4-6-8-17/h4-8,13-16,19H,9-12,21H2,1-3H3,(H,23,25)/t16?,19-/m0/s1. The molecule has 0 fully saturated rings. The Morgan fingerprint density at radius 1 is 1.20 bits per heavy atom. The van der Waals surface area contributed by atoms with Crippen molar-refractivity contribution in [1.82, 2.24) is 14.9 Å². The molecule has 0 aliphatic carbocycles. The van der Waals surface area contributed by atoms with Crippen LogP contribution in [0, 0.1) is 5.92 Å². The molecule has 0 spiro atoms. The van der Waals surface area contributed by atoms with Crippen LogP contribution in [0.25, 0.3) is 0 Å². The molecule has 0 aliphatic rings. The first-order valence-electron chi connectivity index (χ1n) is 9.04. The fraction of sp³-hybridized carbons (Fsp3) is 0.500. The molecule has 1 aromatic carbocycles. The molecule has 0 saturated heterocycles. The Balaban J connectivity index is 1.82. The average Bonchev–Trinajstić information content (AvgIpc) is 3.00. The monoisotopic (exact) mass is 342 g/mol. The highest BCUT2D eigenvalue weighted by Gasteiger charge is 2.17. The lowest BCUT2D eigenvalue weighted by atomic mass is 10.0. The lowest BCUT2D eigenvalue weighted by molar-refractivity contribution is -0.123. The fourth-order valence-corrected chi connectivity index (χ4v) is 2.72. The number of benzene rings is 1. The summed E-state index contributed by atoms with van der Waals surface area (Å²) in [5.74, 6) is 0.537. The minimum Gasteiger partial charge on any atom is -0.352 e. The number of rotatable bonds is 9. The van der Waals surface area contributed by atoms with Crippen molar-refractivity contribution in [3.63, 3.8) is 0 Å². The van der Waals surface area contributed by atoms with Gasteiger partial charge in [0.05, 0.1) is 18.1 Å². The summed E-state index contributed by atoms with van der Waals surface area (Å²) in [6, 6.07) is 9.79. The normalized spacial score (nSPS) is 13.6. The van der Waals surface area contributed by atoms with Crippen molar-refractivity contribution in [2.45, 2.75) is 58.7 Å².